The topological polar surface area (TPSA) is 104 Å². The van der Waals surface area contributed by atoms with Gasteiger partial charge in [-0.2, -0.15) is 8.78 Å². The number of hydrogen-bond acceptors (Lipinski definition) is 5. The average Bonchev–Trinajstić information content (AvgIpc) is 2.75. The van der Waals surface area contributed by atoms with Crippen LogP contribution in [-0.4, -0.2) is 50.3 Å². The molecule has 0 radical (unpaired) electrons. The number of carbonyl (C=O) groups excluding carboxylic acids is 1. The normalized spacial score (nSPS) is 10.8. The Morgan fingerprint density at radius 2 is 1.84 bits per heavy atom. The van der Waals surface area contributed by atoms with Crippen molar-refractivity contribution in [2.24, 2.45) is 4.99 Å². The second-order valence-corrected chi connectivity index (χ2v) is 6.25. The predicted octanol–water partition coefficient (Wildman–Crippen LogP) is 3.11. The summed E-state index contributed by atoms with van der Waals surface area (Å²) in [4.78, 5) is 16.5. The molecular weight excluding hydrogens is 537 g/mol. The van der Waals surface area contributed by atoms with Crippen LogP contribution in [0.4, 0.5) is 8.78 Å². The van der Waals surface area contributed by atoms with Gasteiger partial charge in [0.15, 0.2) is 5.96 Å². The fourth-order valence-electron chi connectivity index (χ4n) is 2.64. The van der Waals surface area contributed by atoms with Crippen molar-refractivity contribution in [3.63, 3.8) is 0 Å². The van der Waals surface area contributed by atoms with Crippen molar-refractivity contribution < 1.29 is 28.2 Å². The number of halogens is 3. The minimum atomic E-state index is -2.95. The molecule has 32 heavy (non-hydrogen) atoms. The Balaban J connectivity index is 0.00000512. The van der Waals surface area contributed by atoms with Crippen molar-refractivity contribution in [1.29, 1.82) is 0 Å². The Bertz CT molecular complexity index is 900. The third-order valence-corrected chi connectivity index (χ3v) is 4.09. The van der Waals surface area contributed by atoms with E-state index >= 15 is 0 Å². The molecule has 4 N–H and O–H groups in total. The highest BCUT2D eigenvalue weighted by molar-refractivity contribution is 14.0. The lowest BCUT2D eigenvalue weighted by Crippen LogP contribution is -2.41. The monoisotopic (exact) mass is 564 g/mol. The number of amides is 1. The highest BCUT2D eigenvalue weighted by atomic mass is 127. The lowest BCUT2D eigenvalue weighted by molar-refractivity contribution is -0.0504. The SMILES string of the molecule is CCNC(=NCc1cc(OC)ccc1OC(F)F)NCCNC(=O)c1ccccc1O.I. The molecule has 0 heterocycles. The van der Waals surface area contributed by atoms with E-state index in [4.69, 9.17) is 4.74 Å². The number of benzene rings is 2. The number of nitrogens with zero attached hydrogens (tertiary/aromatic N) is 1. The number of aliphatic imine (C=N–C) groups is 1. The number of alkyl halides is 2. The number of aromatic hydroxyl groups is 1. The van der Waals surface area contributed by atoms with Crippen molar-refractivity contribution in [2.45, 2.75) is 20.1 Å². The zero-order chi connectivity index (χ0) is 22.6. The number of carbonyl (C=O) groups is 1. The van der Waals surface area contributed by atoms with Crippen LogP contribution in [0.25, 0.3) is 0 Å². The Labute approximate surface area is 202 Å². The maximum Gasteiger partial charge on any atom is 0.387 e. The van der Waals surface area contributed by atoms with Crippen LogP contribution in [0, 0.1) is 0 Å². The molecule has 0 aromatic heterocycles. The number of ether oxygens (including phenoxy) is 2. The lowest BCUT2D eigenvalue weighted by atomic mass is 10.2. The number of para-hydroxylation sites is 1. The van der Waals surface area contributed by atoms with Gasteiger partial charge < -0.3 is 30.5 Å². The first-order valence-electron chi connectivity index (χ1n) is 9.64. The lowest BCUT2D eigenvalue weighted by Gasteiger charge is -2.14. The predicted molar refractivity (Wildman–Crippen MR) is 128 cm³/mol. The summed E-state index contributed by atoms with van der Waals surface area (Å²) in [6.07, 6.45) is 0. The second-order valence-electron chi connectivity index (χ2n) is 6.25. The molecule has 0 fully saturated rings. The molecule has 1 amide bonds. The molecule has 0 saturated carbocycles. The van der Waals surface area contributed by atoms with Crippen LogP contribution < -0.4 is 25.4 Å². The first-order valence-corrected chi connectivity index (χ1v) is 9.64. The molecule has 2 aromatic rings. The van der Waals surface area contributed by atoms with Crippen LogP contribution in [-0.2, 0) is 6.54 Å². The van der Waals surface area contributed by atoms with E-state index < -0.39 is 12.5 Å². The van der Waals surface area contributed by atoms with Gasteiger partial charge in [0.25, 0.3) is 5.91 Å². The molecule has 0 atom stereocenters. The minimum Gasteiger partial charge on any atom is -0.507 e. The van der Waals surface area contributed by atoms with Crippen molar-refractivity contribution >= 4 is 35.8 Å². The molecule has 0 saturated heterocycles. The first kappa shape index (κ1) is 27.2. The van der Waals surface area contributed by atoms with E-state index in [9.17, 15) is 18.7 Å². The van der Waals surface area contributed by atoms with E-state index in [0.717, 1.165) is 0 Å². The molecule has 0 aliphatic carbocycles. The second kappa shape index (κ2) is 14.3. The number of methoxy groups -OCH3 is 1. The third kappa shape index (κ3) is 8.73. The van der Waals surface area contributed by atoms with E-state index in [0.29, 0.717) is 30.4 Å². The molecule has 8 nitrogen and oxygen atoms in total. The van der Waals surface area contributed by atoms with Crippen LogP contribution in [0.5, 0.6) is 17.2 Å². The van der Waals surface area contributed by atoms with Gasteiger partial charge in [0.1, 0.15) is 17.2 Å². The molecule has 0 aliphatic heterocycles. The van der Waals surface area contributed by atoms with Crippen molar-refractivity contribution in [3.05, 3.63) is 53.6 Å². The molecule has 2 aromatic carbocycles. The van der Waals surface area contributed by atoms with E-state index in [-0.39, 0.29) is 54.1 Å². The van der Waals surface area contributed by atoms with Gasteiger partial charge in [-0.25, -0.2) is 4.99 Å². The largest absolute Gasteiger partial charge is 0.507 e. The first-order chi connectivity index (χ1) is 14.9. The summed E-state index contributed by atoms with van der Waals surface area (Å²) < 4.78 is 35.0. The average molecular weight is 564 g/mol. The van der Waals surface area contributed by atoms with Gasteiger partial charge in [-0.1, -0.05) is 12.1 Å². The summed E-state index contributed by atoms with van der Waals surface area (Å²) in [7, 11) is 1.48. The standard InChI is InChI=1S/C21H26F2N4O4.HI/c1-3-24-21(26-11-10-25-19(29)16-6-4-5-7-17(16)28)27-13-14-12-15(30-2)8-9-18(14)31-20(22)23;/h4-9,12,20,28H,3,10-11,13H2,1-2H3,(H,25,29)(H2,24,26,27);1H. The Morgan fingerprint density at radius 3 is 2.50 bits per heavy atom. The summed E-state index contributed by atoms with van der Waals surface area (Å²) in [6.45, 7) is 0.205. The molecule has 0 spiro atoms. The van der Waals surface area contributed by atoms with Gasteiger partial charge in [0.05, 0.1) is 19.2 Å². The molecular formula is C21H27F2IN4O4. The van der Waals surface area contributed by atoms with Crippen molar-refractivity contribution in [3.8, 4) is 17.2 Å². The molecule has 2 rings (SSSR count). The van der Waals surface area contributed by atoms with Gasteiger partial charge in [0.2, 0.25) is 0 Å². The van der Waals surface area contributed by atoms with Gasteiger partial charge in [0, 0.05) is 25.2 Å². The highest BCUT2D eigenvalue weighted by Crippen LogP contribution is 2.26. The smallest absolute Gasteiger partial charge is 0.387 e. The van der Waals surface area contributed by atoms with Crippen molar-refractivity contribution in [2.75, 3.05) is 26.7 Å². The Hall–Kier alpha value is -2.83. The molecule has 176 valence electrons. The van der Waals surface area contributed by atoms with E-state index in [1.165, 1.54) is 31.4 Å². The van der Waals surface area contributed by atoms with Crippen LogP contribution in [0.1, 0.15) is 22.8 Å². The van der Waals surface area contributed by atoms with Crippen LogP contribution in [0.2, 0.25) is 0 Å². The molecule has 11 heteroatoms. The zero-order valence-corrected chi connectivity index (χ0v) is 20.1. The third-order valence-electron chi connectivity index (χ3n) is 4.09. The number of guanidine groups is 1. The molecule has 0 aliphatic rings. The van der Waals surface area contributed by atoms with Crippen molar-refractivity contribution in [1.82, 2.24) is 16.0 Å². The number of nitrogens with one attached hydrogen (secondary N) is 3. The Kier molecular flexibility index (Phi) is 12.1. The summed E-state index contributed by atoms with van der Waals surface area (Å²) in [5, 5.41) is 18.5. The maximum atomic E-state index is 12.7. The van der Waals surface area contributed by atoms with Crippen LogP contribution in [0.15, 0.2) is 47.5 Å². The number of phenols is 1. The quantitative estimate of drug-likeness (QED) is 0.153. The summed E-state index contributed by atoms with van der Waals surface area (Å²) in [5.74, 6) is 0.460. The van der Waals surface area contributed by atoms with Gasteiger partial charge in [-0.05, 0) is 37.3 Å². The summed E-state index contributed by atoms with van der Waals surface area (Å²) >= 11 is 0. The fourth-order valence-corrected chi connectivity index (χ4v) is 2.64. The highest BCUT2D eigenvalue weighted by Gasteiger charge is 2.12. The van der Waals surface area contributed by atoms with Crippen LogP contribution in [0.3, 0.4) is 0 Å². The molecule has 0 unspecified atom stereocenters. The van der Waals surface area contributed by atoms with E-state index in [1.807, 2.05) is 6.92 Å². The van der Waals surface area contributed by atoms with Crippen LogP contribution >= 0.6 is 24.0 Å². The van der Waals surface area contributed by atoms with Gasteiger partial charge in [-0.3, -0.25) is 4.79 Å². The number of hydrogen-bond donors (Lipinski definition) is 4. The van der Waals surface area contributed by atoms with Gasteiger partial charge >= 0.3 is 6.61 Å². The number of phenolic OH excluding ortho intramolecular Hbond substituents is 1. The Morgan fingerprint density at radius 1 is 1.12 bits per heavy atom. The van der Waals surface area contributed by atoms with E-state index in [1.54, 1.807) is 18.2 Å². The minimum absolute atomic E-state index is 0. The summed E-state index contributed by atoms with van der Waals surface area (Å²) in [5.41, 5.74) is 0.623. The molecule has 0 bridgehead atoms. The zero-order valence-electron chi connectivity index (χ0n) is 17.7. The van der Waals surface area contributed by atoms with E-state index in [2.05, 4.69) is 25.7 Å². The van der Waals surface area contributed by atoms with Gasteiger partial charge in [-0.15, -0.1) is 24.0 Å². The maximum absolute atomic E-state index is 12.7. The fraction of sp³-hybridized carbons (Fsp3) is 0.333. The number of rotatable bonds is 10. The summed E-state index contributed by atoms with van der Waals surface area (Å²) in [6, 6.07) is 10.8.